The molecule has 0 atom stereocenters. The van der Waals surface area contributed by atoms with Crippen molar-refractivity contribution in [2.45, 2.75) is 19.5 Å². The number of nitrogens with two attached hydrogens (primary N) is 1. The standard InChI is InChI=1S/C40H58FN5O10/c41-32-1-3-34-35-31-45(33-2-4-39-36(30-33)43-40(56-39)44-8-12-48-13-9-44)7-5-37(35)46(38(34)29-32)10-14-49-16-18-51-20-22-53-24-26-55-28-27-54-25-23-52-21-19-50-17-15-47-11-6-42/h1-4,29-30H,5-28,31,42H2. The number of hydrogen-bond acceptors (Lipinski definition) is 14. The molecule has 15 nitrogen and oxygen atoms in total. The third kappa shape index (κ3) is 12.8. The van der Waals surface area contributed by atoms with Crippen LogP contribution in [0.3, 0.4) is 0 Å². The molecular weight excluding hydrogens is 729 g/mol. The van der Waals surface area contributed by atoms with E-state index in [-0.39, 0.29) is 5.82 Å². The van der Waals surface area contributed by atoms with Crippen molar-refractivity contribution in [2.75, 3.05) is 155 Å². The molecule has 4 heterocycles. The summed E-state index contributed by atoms with van der Waals surface area (Å²) in [6.07, 6.45) is 0.837. The molecule has 0 spiro atoms. The first-order valence-electron chi connectivity index (χ1n) is 19.8. The number of halogens is 1. The van der Waals surface area contributed by atoms with Crippen LogP contribution in [0.4, 0.5) is 16.1 Å². The van der Waals surface area contributed by atoms with Crippen LogP contribution in [0.25, 0.3) is 22.0 Å². The van der Waals surface area contributed by atoms with E-state index in [0.717, 1.165) is 60.3 Å². The van der Waals surface area contributed by atoms with Crippen molar-refractivity contribution in [3.63, 3.8) is 0 Å². The van der Waals surface area contributed by atoms with E-state index >= 15 is 0 Å². The summed E-state index contributed by atoms with van der Waals surface area (Å²) in [5, 5.41) is 1.07. The Morgan fingerprint density at radius 3 is 1.80 bits per heavy atom. The summed E-state index contributed by atoms with van der Waals surface area (Å²) in [7, 11) is 0. The van der Waals surface area contributed by atoms with Gasteiger partial charge in [-0.25, -0.2) is 4.39 Å². The Morgan fingerprint density at radius 2 is 1.21 bits per heavy atom. The maximum absolute atomic E-state index is 14.5. The van der Waals surface area contributed by atoms with Crippen molar-refractivity contribution in [3.8, 4) is 0 Å². The van der Waals surface area contributed by atoms with Gasteiger partial charge in [0.2, 0.25) is 0 Å². The molecule has 2 N–H and O–H groups in total. The number of oxazole rings is 1. The summed E-state index contributed by atoms with van der Waals surface area (Å²) in [5.41, 5.74) is 11.4. The summed E-state index contributed by atoms with van der Waals surface area (Å²) in [4.78, 5) is 9.28. The Bertz CT molecular complexity index is 1720. The number of benzene rings is 2. The van der Waals surface area contributed by atoms with Crippen molar-refractivity contribution in [1.82, 2.24) is 9.55 Å². The predicted octanol–water partition coefficient (Wildman–Crippen LogP) is 3.41. The lowest BCUT2D eigenvalue weighted by Gasteiger charge is -2.30. The van der Waals surface area contributed by atoms with Crippen molar-refractivity contribution >= 4 is 33.7 Å². The van der Waals surface area contributed by atoms with Crippen LogP contribution in [0, 0.1) is 5.82 Å². The van der Waals surface area contributed by atoms with Crippen LogP contribution in [0.15, 0.2) is 40.8 Å². The first kappa shape index (κ1) is 42.2. The van der Waals surface area contributed by atoms with Crippen molar-refractivity contribution in [3.05, 3.63) is 53.5 Å². The maximum Gasteiger partial charge on any atom is 0.298 e. The zero-order chi connectivity index (χ0) is 38.6. The van der Waals surface area contributed by atoms with Crippen LogP contribution in [-0.4, -0.2) is 155 Å². The molecule has 1 fully saturated rings. The van der Waals surface area contributed by atoms with Crippen LogP contribution < -0.4 is 15.5 Å². The Kier molecular flexibility index (Phi) is 17.9. The number of aromatic nitrogens is 2. The molecule has 2 aliphatic heterocycles. The molecule has 1 saturated heterocycles. The van der Waals surface area contributed by atoms with E-state index in [4.69, 9.17) is 57.8 Å². The SMILES string of the molecule is NCCOCCOCCOCCOCCOCCOCCOCCOCCn1c2c(c3ccc(F)cc31)CN(c1ccc3oc(N4CCOCC4)nc3c1)CC2. The smallest absolute Gasteiger partial charge is 0.298 e. The number of hydrogen-bond donors (Lipinski definition) is 1. The second kappa shape index (κ2) is 23.7. The Hall–Kier alpha value is -3.42. The summed E-state index contributed by atoms with van der Waals surface area (Å²) < 4.78 is 72.5. The van der Waals surface area contributed by atoms with Gasteiger partial charge >= 0.3 is 0 Å². The molecule has 0 saturated carbocycles. The maximum atomic E-state index is 14.5. The van der Waals surface area contributed by atoms with Gasteiger partial charge in [-0.3, -0.25) is 0 Å². The van der Waals surface area contributed by atoms with Crippen LogP contribution >= 0.6 is 0 Å². The first-order chi connectivity index (χ1) is 27.7. The number of anilines is 2. The largest absolute Gasteiger partial charge is 0.423 e. The minimum atomic E-state index is -0.244. The van der Waals surface area contributed by atoms with E-state index in [1.165, 1.54) is 11.3 Å². The van der Waals surface area contributed by atoms with E-state index in [9.17, 15) is 4.39 Å². The molecule has 16 heteroatoms. The third-order valence-electron chi connectivity index (χ3n) is 9.55. The monoisotopic (exact) mass is 787 g/mol. The minimum Gasteiger partial charge on any atom is -0.423 e. The number of nitrogens with zero attached hydrogens (tertiary/aromatic N) is 4. The quantitative estimate of drug-likeness (QED) is 0.0840. The number of fused-ring (bicyclic) bond motifs is 4. The molecule has 6 rings (SSSR count). The normalized spacial score (nSPS) is 14.8. The van der Waals surface area contributed by atoms with Gasteiger partial charge in [0, 0.05) is 68.0 Å². The van der Waals surface area contributed by atoms with Crippen LogP contribution in [0.5, 0.6) is 0 Å². The van der Waals surface area contributed by atoms with Crippen LogP contribution in [-0.2, 0) is 62.1 Å². The van der Waals surface area contributed by atoms with Gasteiger partial charge in [-0.05, 0) is 36.4 Å². The average Bonchev–Trinajstić information content (AvgIpc) is 3.79. The summed E-state index contributed by atoms with van der Waals surface area (Å²) >= 11 is 0. The number of ether oxygens (including phenoxy) is 9. The highest BCUT2D eigenvalue weighted by Gasteiger charge is 2.25. The second-order valence-corrected chi connectivity index (χ2v) is 13.3. The average molecular weight is 788 g/mol. The van der Waals surface area contributed by atoms with Gasteiger partial charge in [0.05, 0.1) is 124 Å². The summed E-state index contributed by atoms with van der Waals surface area (Å²) in [6, 6.07) is 11.9. The lowest BCUT2D eigenvalue weighted by atomic mass is 10.0. The molecule has 4 aromatic rings. The number of morpholine rings is 1. The number of rotatable bonds is 28. The fraction of sp³-hybridized carbons (Fsp3) is 0.625. The lowest BCUT2D eigenvalue weighted by molar-refractivity contribution is -0.0230. The zero-order valence-corrected chi connectivity index (χ0v) is 32.5. The van der Waals surface area contributed by atoms with E-state index in [2.05, 4.69) is 26.5 Å². The lowest BCUT2D eigenvalue weighted by Crippen LogP contribution is -2.36. The molecule has 0 radical (unpaired) electrons. The molecule has 56 heavy (non-hydrogen) atoms. The molecule has 2 aliphatic rings. The highest BCUT2D eigenvalue weighted by Crippen LogP contribution is 2.35. The Morgan fingerprint density at radius 1 is 0.643 bits per heavy atom. The van der Waals surface area contributed by atoms with E-state index in [1.807, 2.05) is 12.1 Å². The highest BCUT2D eigenvalue weighted by atomic mass is 19.1. The van der Waals surface area contributed by atoms with Gasteiger partial charge in [0.15, 0.2) is 5.58 Å². The Labute approximate surface area is 327 Å². The van der Waals surface area contributed by atoms with Crippen LogP contribution in [0.1, 0.15) is 11.3 Å². The third-order valence-corrected chi connectivity index (χ3v) is 9.55. The van der Waals surface area contributed by atoms with Gasteiger partial charge in [-0.2, -0.15) is 4.98 Å². The first-order valence-corrected chi connectivity index (χ1v) is 19.8. The molecular formula is C40H58FN5O10. The fourth-order valence-corrected chi connectivity index (χ4v) is 6.77. The van der Waals surface area contributed by atoms with Gasteiger partial charge in [-0.1, -0.05) is 0 Å². The molecule has 2 aromatic heterocycles. The zero-order valence-electron chi connectivity index (χ0n) is 32.5. The molecule has 0 bridgehead atoms. The highest BCUT2D eigenvalue weighted by molar-refractivity contribution is 5.87. The van der Waals surface area contributed by atoms with Gasteiger partial charge in [0.25, 0.3) is 6.01 Å². The topological polar surface area (TPSA) is 147 Å². The predicted molar refractivity (Wildman–Crippen MR) is 209 cm³/mol. The van der Waals surface area contributed by atoms with E-state index in [1.54, 1.807) is 12.1 Å². The minimum absolute atomic E-state index is 0.244. The van der Waals surface area contributed by atoms with E-state index < -0.39 is 0 Å². The van der Waals surface area contributed by atoms with Gasteiger partial charge in [-0.15, -0.1) is 0 Å². The van der Waals surface area contributed by atoms with Crippen molar-refractivity contribution in [2.24, 2.45) is 5.73 Å². The van der Waals surface area contributed by atoms with Crippen molar-refractivity contribution in [1.29, 1.82) is 0 Å². The Balaban J connectivity index is 0.812. The van der Waals surface area contributed by atoms with Crippen LogP contribution in [0.2, 0.25) is 0 Å². The summed E-state index contributed by atoms with van der Waals surface area (Å²) in [5.74, 6) is -0.244. The summed E-state index contributed by atoms with van der Waals surface area (Å²) in [6.45, 7) is 13.7. The molecule has 310 valence electrons. The van der Waals surface area contributed by atoms with Gasteiger partial charge in [0.1, 0.15) is 11.3 Å². The molecule has 0 aliphatic carbocycles. The van der Waals surface area contributed by atoms with Gasteiger partial charge < -0.3 is 67.1 Å². The molecule has 0 amide bonds. The van der Waals surface area contributed by atoms with Crippen molar-refractivity contribution < 1.29 is 51.4 Å². The second-order valence-electron chi connectivity index (χ2n) is 13.3. The molecule has 0 unspecified atom stereocenters. The fourth-order valence-electron chi connectivity index (χ4n) is 6.77. The van der Waals surface area contributed by atoms with E-state index in [0.29, 0.717) is 138 Å². The molecule has 2 aromatic carbocycles.